The summed E-state index contributed by atoms with van der Waals surface area (Å²) in [7, 11) is 1.31. The van der Waals surface area contributed by atoms with E-state index in [9.17, 15) is 14.4 Å². The minimum Gasteiger partial charge on any atom is -0.464 e. The molecule has 0 saturated carbocycles. The molecule has 1 N–H and O–H groups in total. The number of carbonyl (C=O) groups excluding carboxylic acids is 3. The second-order valence-corrected chi connectivity index (χ2v) is 6.36. The monoisotopic (exact) mass is 356 g/mol. The number of hydrogen-bond donors (Lipinski definition) is 1. The Labute approximate surface area is 148 Å². The summed E-state index contributed by atoms with van der Waals surface area (Å²) in [5.41, 5.74) is 1.51. The number of carbonyl (C=O) groups is 3. The van der Waals surface area contributed by atoms with Crippen molar-refractivity contribution in [1.82, 2.24) is 4.57 Å². The Morgan fingerprint density at radius 1 is 1.16 bits per heavy atom. The summed E-state index contributed by atoms with van der Waals surface area (Å²) in [6.45, 7) is 1.48. The standard InChI is InChI=1S/C18H16N2O4S/c1-11(21)12-3-5-14(6-4-12)19-16(22)10-20-15(18(23)24-2)9-13-7-8-25-17(13)20/h3-9H,10H2,1-2H3,(H,19,22). The molecular weight excluding hydrogens is 340 g/mol. The Hall–Kier alpha value is -2.93. The van der Waals surface area contributed by atoms with Gasteiger partial charge in [-0.25, -0.2) is 4.79 Å². The molecule has 0 spiro atoms. The van der Waals surface area contributed by atoms with E-state index in [1.54, 1.807) is 34.9 Å². The van der Waals surface area contributed by atoms with Gasteiger partial charge in [-0.3, -0.25) is 9.59 Å². The van der Waals surface area contributed by atoms with Crippen molar-refractivity contribution >= 4 is 44.9 Å². The number of nitrogens with zero attached hydrogens (tertiary/aromatic N) is 1. The highest BCUT2D eigenvalue weighted by Crippen LogP contribution is 2.26. The zero-order valence-electron chi connectivity index (χ0n) is 13.7. The summed E-state index contributed by atoms with van der Waals surface area (Å²) in [6.07, 6.45) is 0. The van der Waals surface area contributed by atoms with E-state index in [1.807, 2.05) is 11.4 Å². The number of aromatic nitrogens is 1. The van der Waals surface area contributed by atoms with Crippen LogP contribution in [0.4, 0.5) is 5.69 Å². The number of hydrogen-bond acceptors (Lipinski definition) is 5. The zero-order chi connectivity index (χ0) is 18.0. The molecule has 6 nitrogen and oxygen atoms in total. The number of ether oxygens (including phenoxy) is 1. The van der Waals surface area contributed by atoms with Gasteiger partial charge in [0.2, 0.25) is 5.91 Å². The van der Waals surface area contributed by atoms with Crippen molar-refractivity contribution in [2.24, 2.45) is 0 Å². The minimum atomic E-state index is -0.484. The number of thiophene rings is 1. The van der Waals surface area contributed by atoms with Gasteiger partial charge in [0.25, 0.3) is 0 Å². The van der Waals surface area contributed by atoms with Gasteiger partial charge in [0.05, 0.1) is 7.11 Å². The Morgan fingerprint density at radius 2 is 1.88 bits per heavy atom. The summed E-state index contributed by atoms with van der Waals surface area (Å²) < 4.78 is 6.44. The third kappa shape index (κ3) is 3.46. The van der Waals surface area contributed by atoms with E-state index < -0.39 is 5.97 Å². The average molecular weight is 356 g/mol. The Bertz CT molecular complexity index is 953. The molecule has 0 unspecified atom stereocenters. The normalized spacial score (nSPS) is 10.6. The van der Waals surface area contributed by atoms with Gasteiger partial charge in [-0.1, -0.05) is 0 Å². The van der Waals surface area contributed by atoms with Crippen LogP contribution in [-0.4, -0.2) is 29.3 Å². The number of methoxy groups -OCH3 is 1. The zero-order valence-corrected chi connectivity index (χ0v) is 14.6. The van der Waals surface area contributed by atoms with Crippen molar-refractivity contribution in [2.75, 3.05) is 12.4 Å². The molecule has 1 aromatic carbocycles. The van der Waals surface area contributed by atoms with Gasteiger partial charge in [-0.15, -0.1) is 11.3 Å². The van der Waals surface area contributed by atoms with E-state index >= 15 is 0 Å². The van der Waals surface area contributed by atoms with Crippen LogP contribution >= 0.6 is 11.3 Å². The molecule has 2 aromatic heterocycles. The van der Waals surface area contributed by atoms with Crippen LogP contribution in [0.25, 0.3) is 10.2 Å². The summed E-state index contributed by atoms with van der Waals surface area (Å²) in [6, 6.07) is 10.3. The van der Waals surface area contributed by atoms with Crippen molar-refractivity contribution in [3.8, 4) is 0 Å². The first-order valence-corrected chi connectivity index (χ1v) is 8.43. The molecule has 0 bridgehead atoms. The SMILES string of the molecule is COC(=O)c1cc2ccsc2n1CC(=O)Nc1ccc(C(C)=O)cc1. The highest BCUT2D eigenvalue weighted by Gasteiger charge is 2.19. The Kier molecular flexibility index (Phi) is 4.67. The lowest BCUT2D eigenvalue weighted by Crippen LogP contribution is -2.21. The maximum atomic E-state index is 12.4. The van der Waals surface area contributed by atoms with Gasteiger partial charge in [0.1, 0.15) is 17.1 Å². The molecule has 0 atom stereocenters. The fourth-order valence-electron chi connectivity index (χ4n) is 2.54. The molecule has 0 aliphatic rings. The average Bonchev–Trinajstić information content (AvgIpc) is 3.17. The molecule has 0 radical (unpaired) electrons. The molecule has 0 aliphatic carbocycles. The summed E-state index contributed by atoms with van der Waals surface area (Å²) in [4.78, 5) is 36.4. The quantitative estimate of drug-likeness (QED) is 0.562. The number of anilines is 1. The van der Waals surface area contributed by atoms with E-state index in [0.29, 0.717) is 16.9 Å². The van der Waals surface area contributed by atoms with Crippen LogP contribution in [0, 0.1) is 0 Å². The number of Topliss-reactive ketones (excluding diaryl/α,β-unsaturated/α-hetero) is 1. The third-order valence-electron chi connectivity index (χ3n) is 3.77. The number of ketones is 1. The molecular formula is C18H16N2O4S. The maximum absolute atomic E-state index is 12.4. The molecule has 0 aliphatic heterocycles. The van der Waals surface area contributed by atoms with Crippen LogP contribution in [0.5, 0.6) is 0 Å². The molecule has 0 fully saturated rings. The number of esters is 1. The van der Waals surface area contributed by atoms with Gasteiger partial charge < -0.3 is 14.6 Å². The van der Waals surface area contributed by atoms with Crippen molar-refractivity contribution in [3.63, 3.8) is 0 Å². The number of fused-ring (bicyclic) bond motifs is 1. The summed E-state index contributed by atoms with van der Waals surface area (Å²) >= 11 is 1.45. The van der Waals surface area contributed by atoms with Crippen molar-refractivity contribution < 1.29 is 19.1 Å². The van der Waals surface area contributed by atoms with Crippen LogP contribution in [-0.2, 0) is 16.1 Å². The topological polar surface area (TPSA) is 77.4 Å². The fraction of sp³-hybridized carbons (Fsp3) is 0.167. The van der Waals surface area contributed by atoms with Crippen molar-refractivity contribution in [1.29, 1.82) is 0 Å². The van der Waals surface area contributed by atoms with E-state index in [1.165, 1.54) is 25.4 Å². The lowest BCUT2D eigenvalue weighted by Gasteiger charge is -2.10. The van der Waals surface area contributed by atoms with Crippen LogP contribution in [0.3, 0.4) is 0 Å². The number of benzene rings is 1. The van der Waals surface area contributed by atoms with Gasteiger partial charge in [-0.05, 0) is 48.7 Å². The molecule has 128 valence electrons. The fourth-order valence-corrected chi connectivity index (χ4v) is 3.43. The van der Waals surface area contributed by atoms with Crippen molar-refractivity contribution in [3.05, 3.63) is 53.0 Å². The number of nitrogens with one attached hydrogen (secondary N) is 1. The molecule has 7 heteroatoms. The van der Waals surface area contributed by atoms with E-state index in [-0.39, 0.29) is 18.2 Å². The number of rotatable bonds is 5. The van der Waals surface area contributed by atoms with Gasteiger partial charge >= 0.3 is 5.97 Å². The molecule has 3 aromatic rings. The van der Waals surface area contributed by atoms with Crippen molar-refractivity contribution in [2.45, 2.75) is 13.5 Å². The molecule has 2 heterocycles. The van der Waals surface area contributed by atoms with Gasteiger partial charge in [0.15, 0.2) is 5.78 Å². The Balaban J connectivity index is 1.80. The smallest absolute Gasteiger partial charge is 0.354 e. The van der Waals surface area contributed by atoms with Crippen LogP contribution in [0.2, 0.25) is 0 Å². The van der Waals surface area contributed by atoms with Crippen LogP contribution in [0.1, 0.15) is 27.8 Å². The predicted molar refractivity (Wildman–Crippen MR) is 96.2 cm³/mol. The largest absolute Gasteiger partial charge is 0.464 e. The maximum Gasteiger partial charge on any atom is 0.354 e. The molecule has 1 amide bonds. The van der Waals surface area contributed by atoms with Crippen LogP contribution in [0.15, 0.2) is 41.8 Å². The third-order valence-corrected chi connectivity index (χ3v) is 4.73. The minimum absolute atomic E-state index is 0.0110. The highest BCUT2D eigenvalue weighted by molar-refractivity contribution is 7.16. The van der Waals surface area contributed by atoms with Gasteiger partial charge in [-0.2, -0.15) is 0 Å². The first-order chi connectivity index (χ1) is 12.0. The molecule has 3 rings (SSSR count). The first kappa shape index (κ1) is 16.9. The van der Waals surface area contributed by atoms with E-state index in [2.05, 4.69) is 5.32 Å². The highest BCUT2D eigenvalue weighted by atomic mass is 32.1. The molecule has 25 heavy (non-hydrogen) atoms. The van der Waals surface area contributed by atoms with E-state index in [4.69, 9.17) is 4.74 Å². The summed E-state index contributed by atoms with van der Waals surface area (Å²) in [5, 5.41) is 5.56. The molecule has 0 saturated heterocycles. The summed E-state index contributed by atoms with van der Waals surface area (Å²) in [5.74, 6) is -0.790. The predicted octanol–water partition coefficient (Wildman–Crippen LogP) is 3.33. The second kappa shape index (κ2) is 6.90. The number of amides is 1. The Morgan fingerprint density at radius 3 is 2.52 bits per heavy atom. The van der Waals surface area contributed by atoms with Crippen LogP contribution < -0.4 is 5.32 Å². The lowest BCUT2D eigenvalue weighted by molar-refractivity contribution is -0.116. The van der Waals surface area contributed by atoms with Gasteiger partial charge in [0, 0.05) is 16.6 Å². The van der Waals surface area contributed by atoms with E-state index in [0.717, 1.165) is 10.2 Å². The second-order valence-electron chi connectivity index (χ2n) is 5.47. The first-order valence-electron chi connectivity index (χ1n) is 7.55. The lowest BCUT2D eigenvalue weighted by atomic mass is 10.1.